The molecule has 0 bridgehead atoms. The fraction of sp³-hybridized carbons (Fsp3) is 0.562. The van der Waals surface area contributed by atoms with Gasteiger partial charge in [0.25, 0.3) is 0 Å². The number of nitrogens with zero attached hydrogens (tertiary/aromatic N) is 1. The van der Waals surface area contributed by atoms with Crippen molar-refractivity contribution >= 4 is 5.97 Å². The maximum Gasteiger partial charge on any atom is 0.303 e. The van der Waals surface area contributed by atoms with Crippen LogP contribution < -0.4 is 0 Å². The van der Waals surface area contributed by atoms with Crippen LogP contribution in [0.25, 0.3) is 0 Å². The van der Waals surface area contributed by atoms with Gasteiger partial charge < -0.3 is 10.2 Å². The third-order valence-corrected chi connectivity index (χ3v) is 4.19. The summed E-state index contributed by atoms with van der Waals surface area (Å²) in [5.41, 5.74) is 2.06. The van der Waals surface area contributed by atoms with Crippen molar-refractivity contribution in [2.24, 2.45) is 5.92 Å². The molecule has 2 atom stereocenters. The quantitative estimate of drug-likeness (QED) is 0.888. The molecule has 2 unspecified atom stereocenters. The van der Waals surface area contributed by atoms with E-state index in [4.69, 9.17) is 5.11 Å². The molecule has 0 radical (unpaired) electrons. The van der Waals surface area contributed by atoms with E-state index in [1.807, 2.05) is 19.1 Å². The SMILES string of the molecule is Cc1ccc(O)c(C(C)N2CCCC(CC(=O)O)C2)c1. The molecule has 0 aliphatic carbocycles. The number of hydrogen-bond acceptors (Lipinski definition) is 3. The lowest BCUT2D eigenvalue weighted by molar-refractivity contribution is -0.138. The zero-order chi connectivity index (χ0) is 14.7. The summed E-state index contributed by atoms with van der Waals surface area (Å²) < 4.78 is 0. The number of piperidine rings is 1. The molecule has 1 heterocycles. The summed E-state index contributed by atoms with van der Waals surface area (Å²) in [6.07, 6.45) is 2.24. The van der Waals surface area contributed by atoms with Gasteiger partial charge in [-0.25, -0.2) is 0 Å². The highest BCUT2D eigenvalue weighted by Crippen LogP contribution is 2.32. The largest absolute Gasteiger partial charge is 0.508 e. The topological polar surface area (TPSA) is 60.8 Å². The van der Waals surface area contributed by atoms with Crippen molar-refractivity contribution in [3.63, 3.8) is 0 Å². The zero-order valence-electron chi connectivity index (χ0n) is 12.2. The van der Waals surface area contributed by atoms with E-state index in [1.54, 1.807) is 6.07 Å². The molecule has 0 amide bonds. The van der Waals surface area contributed by atoms with Crippen LogP contribution in [0.2, 0.25) is 0 Å². The molecule has 1 aromatic carbocycles. The number of rotatable bonds is 4. The average molecular weight is 277 g/mol. The summed E-state index contributed by atoms with van der Waals surface area (Å²) in [5, 5.41) is 19.0. The first kappa shape index (κ1) is 14.9. The summed E-state index contributed by atoms with van der Waals surface area (Å²) in [6.45, 7) is 5.85. The van der Waals surface area contributed by atoms with Crippen molar-refractivity contribution in [2.75, 3.05) is 13.1 Å². The molecule has 110 valence electrons. The van der Waals surface area contributed by atoms with Crippen molar-refractivity contribution in [3.05, 3.63) is 29.3 Å². The lowest BCUT2D eigenvalue weighted by atomic mass is 9.92. The number of carboxylic acids is 1. The van der Waals surface area contributed by atoms with Crippen LogP contribution in [0.1, 0.15) is 43.4 Å². The third kappa shape index (κ3) is 3.51. The predicted molar refractivity (Wildman–Crippen MR) is 77.8 cm³/mol. The molecule has 0 aromatic heterocycles. The van der Waals surface area contributed by atoms with Crippen LogP contribution in [0.4, 0.5) is 0 Å². The Morgan fingerprint density at radius 2 is 2.25 bits per heavy atom. The number of phenols is 1. The third-order valence-electron chi connectivity index (χ3n) is 4.19. The summed E-state index contributed by atoms with van der Waals surface area (Å²) in [4.78, 5) is 13.1. The van der Waals surface area contributed by atoms with Gasteiger partial charge in [0.2, 0.25) is 0 Å². The van der Waals surface area contributed by atoms with Gasteiger partial charge in [-0.1, -0.05) is 17.7 Å². The Morgan fingerprint density at radius 1 is 1.50 bits per heavy atom. The van der Waals surface area contributed by atoms with Gasteiger partial charge in [-0.15, -0.1) is 0 Å². The first-order valence-electron chi connectivity index (χ1n) is 7.22. The standard InChI is InChI=1S/C16H23NO3/c1-11-5-6-15(18)14(8-11)12(2)17-7-3-4-13(10-17)9-16(19)20/h5-6,8,12-13,18H,3-4,7,9-10H2,1-2H3,(H,19,20). The Hall–Kier alpha value is -1.55. The molecule has 0 saturated carbocycles. The Kier molecular flexibility index (Phi) is 4.65. The van der Waals surface area contributed by atoms with E-state index in [1.165, 1.54) is 0 Å². The van der Waals surface area contributed by atoms with Crippen LogP contribution in [0, 0.1) is 12.8 Å². The van der Waals surface area contributed by atoms with Gasteiger partial charge in [0.1, 0.15) is 5.75 Å². The van der Waals surface area contributed by atoms with Gasteiger partial charge in [0, 0.05) is 24.6 Å². The first-order chi connectivity index (χ1) is 9.47. The lowest BCUT2D eigenvalue weighted by Crippen LogP contribution is -2.38. The molecule has 1 aliphatic heterocycles. The summed E-state index contributed by atoms with van der Waals surface area (Å²) >= 11 is 0. The number of hydrogen-bond donors (Lipinski definition) is 2. The molecule has 1 aromatic rings. The highest BCUT2D eigenvalue weighted by Gasteiger charge is 2.26. The minimum absolute atomic E-state index is 0.117. The Labute approximate surface area is 120 Å². The molecule has 1 aliphatic rings. The molecule has 2 N–H and O–H groups in total. The molecular formula is C16H23NO3. The number of carboxylic acid groups (broad SMARTS) is 1. The molecule has 4 heteroatoms. The number of aliphatic carboxylic acids is 1. The van der Waals surface area contributed by atoms with Gasteiger partial charge in [-0.3, -0.25) is 9.69 Å². The molecule has 0 spiro atoms. The normalized spacial score (nSPS) is 21.6. The van der Waals surface area contributed by atoms with E-state index in [-0.39, 0.29) is 18.4 Å². The Balaban J connectivity index is 2.09. The van der Waals surface area contributed by atoms with Crippen molar-refractivity contribution in [2.45, 2.75) is 39.2 Å². The Morgan fingerprint density at radius 3 is 2.95 bits per heavy atom. The number of aryl methyl sites for hydroxylation is 1. The first-order valence-corrected chi connectivity index (χ1v) is 7.22. The monoisotopic (exact) mass is 277 g/mol. The van der Waals surface area contributed by atoms with Crippen LogP contribution >= 0.6 is 0 Å². The second-order valence-corrected chi connectivity index (χ2v) is 5.84. The maximum atomic E-state index is 10.9. The second-order valence-electron chi connectivity index (χ2n) is 5.84. The highest BCUT2D eigenvalue weighted by molar-refractivity contribution is 5.67. The van der Waals surface area contributed by atoms with E-state index >= 15 is 0 Å². The minimum atomic E-state index is -0.720. The summed E-state index contributed by atoms with van der Waals surface area (Å²) in [5.74, 6) is -0.179. The van der Waals surface area contributed by atoms with Gasteiger partial charge in [0.05, 0.1) is 0 Å². The molecule has 1 saturated heterocycles. The van der Waals surface area contributed by atoms with E-state index < -0.39 is 5.97 Å². The maximum absolute atomic E-state index is 10.9. The second kappa shape index (κ2) is 6.27. The van der Waals surface area contributed by atoms with E-state index in [2.05, 4.69) is 11.8 Å². The number of aromatic hydroxyl groups is 1. The van der Waals surface area contributed by atoms with Crippen molar-refractivity contribution in [3.8, 4) is 5.75 Å². The van der Waals surface area contributed by atoms with Crippen molar-refractivity contribution < 1.29 is 15.0 Å². The predicted octanol–water partition coefficient (Wildman–Crippen LogP) is 2.95. The van der Waals surface area contributed by atoms with Crippen LogP contribution in [0.15, 0.2) is 18.2 Å². The van der Waals surface area contributed by atoms with Gasteiger partial charge in [-0.05, 0) is 45.2 Å². The fourth-order valence-corrected chi connectivity index (χ4v) is 3.07. The lowest BCUT2D eigenvalue weighted by Gasteiger charge is -2.36. The molecule has 2 rings (SSSR count). The van der Waals surface area contributed by atoms with Crippen molar-refractivity contribution in [1.82, 2.24) is 4.90 Å². The van der Waals surface area contributed by atoms with Crippen LogP contribution in [-0.2, 0) is 4.79 Å². The molecular weight excluding hydrogens is 254 g/mol. The minimum Gasteiger partial charge on any atom is -0.508 e. The molecule has 1 fully saturated rings. The van der Waals surface area contributed by atoms with Gasteiger partial charge in [0.15, 0.2) is 0 Å². The van der Waals surface area contributed by atoms with Crippen molar-refractivity contribution in [1.29, 1.82) is 0 Å². The average Bonchev–Trinajstić information content (AvgIpc) is 2.40. The smallest absolute Gasteiger partial charge is 0.303 e. The van der Waals surface area contributed by atoms with Crippen LogP contribution in [0.3, 0.4) is 0 Å². The zero-order valence-corrected chi connectivity index (χ0v) is 12.2. The summed E-state index contributed by atoms with van der Waals surface area (Å²) in [7, 11) is 0. The van der Waals surface area contributed by atoms with E-state index in [9.17, 15) is 9.90 Å². The number of likely N-dealkylation sites (tertiary alicyclic amines) is 1. The molecule has 20 heavy (non-hydrogen) atoms. The fourth-order valence-electron chi connectivity index (χ4n) is 3.07. The Bertz CT molecular complexity index is 487. The highest BCUT2D eigenvalue weighted by atomic mass is 16.4. The van der Waals surface area contributed by atoms with Crippen LogP contribution in [0.5, 0.6) is 5.75 Å². The number of carbonyl (C=O) groups is 1. The number of benzene rings is 1. The van der Waals surface area contributed by atoms with E-state index in [0.717, 1.165) is 37.1 Å². The van der Waals surface area contributed by atoms with Gasteiger partial charge in [-0.2, -0.15) is 0 Å². The van der Waals surface area contributed by atoms with Crippen LogP contribution in [-0.4, -0.2) is 34.2 Å². The molecule has 4 nitrogen and oxygen atoms in total. The number of phenolic OH excluding ortho intramolecular Hbond substituents is 1. The summed E-state index contributed by atoms with van der Waals surface area (Å²) in [6, 6.07) is 5.77. The van der Waals surface area contributed by atoms with E-state index in [0.29, 0.717) is 5.75 Å². The van der Waals surface area contributed by atoms with Gasteiger partial charge >= 0.3 is 5.97 Å².